The van der Waals surface area contributed by atoms with Gasteiger partial charge in [-0.1, -0.05) is 37.3 Å². The highest BCUT2D eigenvalue weighted by atomic mass is 35.5. The molecule has 0 saturated heterocycles. The summed E-state index contributed by atoms with van der Waals surface area (Å²) in [4.78, 5) is 0. The minimum absolute atomic E-state index is 0.102. The summed E-state index contributed by atoms with van der Waals surface area (Å²) in [5, 5.41) is 13.1. The summed E-state index contributed by atoms with van der Waals surface area (Å²) in [5.41, 5.74) is 0.742. The van der Waals surface area contributed by atoms with E-state index in [2.05, 4.69) is 5.32 Å². The van der Waals surface area contributed by atoms with Gasteiger partial charge in [0.15, 0.2) is 0 Å². The second-order valence-electron chi connectivity index (χ2n) is 5.05. The van der Waals surface area contributed by atoms with E-state index in [0.29, 0.717) is 12.5 Å². The Balaban J connectivity index is 1.77. The summed E-state index contributed by atoms with van der Waals surface area (Å²) >= 11 is 5.69. The van der Waals surface area contributed by atoms with E-state index in [1.54, 1.807) is 12.1 Å². The van der Waals surface area contributed by atoms with E-state index in [0.717, 1.165) is 12.1 Å². The van der Waals surface area contributed by atoms with Crippen LogP contribution in [-0.4, -0.2) is 17.8 Å². The second-order valence-corrected chi connectivity index (χ2v) is 5.46. The number of hydrogen-bond acceptors (Lipinski definition) is 2. The maximum Gasteiger partial charge on any atom is 0.141 e. The van der Waals surface area contributed by atoms with E-state index >= 15 is 0 Å². The van der Waals surface area contributed by atoms with Crippen molar-refractivity contribution in [1.29, 1.82) is 0 Å². The molecule has 0 aromatic heterocycles. The van der Waals surface area contributed by atoms with Crippen molar-refractivity contribution >= 4 is 17.3 Å². The minimum atomic E-state index is -0.422. The molecule has 2 rings (SSSR count). The molecule has 0 amide bonds. The van der Waals surface area contributed by atoms with E-state index in [1.807, 2.05) is 0 Å². The fourth-order valence-electron chi connectivity index (χ4n) is 2.56. The summed E-state index contributed by atoms with van der Waals surface area (Å²) in [6.45, 7) is 0.485. The number of anilines is 1. The topological polar surface area (TPSA) is 32.3 Å². The Hall–Kier alpha value is -0.800. The smallest absolute Gasteiger partial charge is 0.141 e. The predicted octanol–water partition coefficient (Wildman–Crippen LogP) is 3.83. The van der Waals surface area contributed by atoms with Crippen LogP contribution in [0.15, 0.2) is 18.2 Å². The molecular weight excluding hydrogens is 253 g/mol. The zero-order valence-corrected chi connectivity index (χ0v) is 11.1. The van der Waals surface area contributed by atoms with Crippen LogP contribution in [0.25, 0.3) is 0 Å². The average Bonchev–Trinajstić information content (AvgIpc) is 2.83. The number of nitrogens with one attached hydrogen (secondary N) is 1. The lowest BCUT2D eigenvalue weighted by atomic mass is 10.00. The maximum atomic E-state index is 13.0. The molecule has 1 fully saturated rings. The third kappa shape index (κ3) is 3.85. The molecule has 2 N–H and O–H groups in total. The van der Waals surface area contributed by atoms with E-state index < -0.39 is 5.82 Å². The van der Waals surface area contributed by atoms with Crippen LogP contribution < -0.4 is 5.32 Å². The molecule has 2 nitrogen and oxygen atoms in total. The van der Waals surface area contributed by atoms with E-state index in [9.17, 15) is 9.50 Å². The molecule has 1 atom stereocenters. The molecule has 1 unspecified atom stereocenters. The van der Waals surface area contributed by atoms with Crippen LogP contribution >= 0.6 is 11.6 Å². The van der Waals surface area contributed by atoms with Crippen molar-refractivity contribution in [3.05, 3.63) is 29.0 Å². The van der Waals surface area contributed by atoms with Crippen LogP contribution in [0.2, 0.25) is 5.02 Å². The van der Waals surface area contributed by atoms with Gasteiger partial charge in [0.25, 0.3) is 0 Å². The van der Waals surface area contributed by atoms with Crippen molar-refractivity contribution in [3.8, 4) is 0 Å². The minimum Gasteiger partial charge on any atom is -0.391 e. The zero-order valence-electron chi connectivity index (χ0n) is 10.3. The van der Waals surface area contributed by atoms with Gasteiger partial charge in [0.2, 0.25) is 0 Å². The fourth-order valence-corrected chi connectivity index (χ4v) is 2.74. The Morgan fingerprint density at radius 3 is 2.78 bits per heavy atom. The largest absolute Gasteiger partial charge is 0.391 e. The summed E-state index contributed by atoms with van der Waals surface area (Å²) in [7, 11) is 0. The van der Waals surface area contributed by atoms with Crippen molar-refractivity contribution in [2.45, 2.75) is 38.2 Å². The lowest BCUT2D eigenvalue weighted by molar-refractivity contribution is 0.155. The van der Waals surface area contributed by atoms with Crippen LogP contribution in [-0.2, 0) is 0 Å². The number of benzene rings is 1. The molecule has 0 bridgehead atoms. The van der Waals surface area contributed by atoms with Crippen LogP contribution in [0, 0.1) is 11.7 Å². The molecule has 0 heterocycles. The van der Waals surface area contributed by atoms with Crippen molar-refractivity contribution in [1.82, 2.24) is 0 Å². The molecule has 0 radical (unpaired) electrons. The molecule has 1 aliphatic carbocycles. The van der Waals surface area contributed by atoms with Crippen LogP contribution in [0.1, 0.15) is 32.1 Å². The molecule has 18 heavy (non-hydrogen) atoms. The summed E-state index contributed by atoms with van der Waals surface area (Å²) < 4.78 is 13.0. The quantitative estimate of drug-likeness (QED) is 0.853. The number of rotatable bonds is 5. The second kappa shape index (κ2) is 6.39. The monoisotopic (exact) mass is 271 g/mol. The molecule has 1 aromatic carbocycles. The van der Waals surface area contributed by atoms with Gasteiger partial charge in [-0.3, -0.25) is 0 Å². The van der Waals surface area contributed by atoms with Gasteiger partial charge in [-0.05, 0) is 30.5 Å². The molecule has 0 spiro atoms. The van der Waals surface area contributed by atoms with Crippen molar-refractivity contribution < 1.29 is 9.50 Å². The summed E-state index contributed by atoms with van der Waals surface area (Å²) in [6.07, 6.45) is 5.55. The highest BCUT2D eigenvalue weighted by Crippen LogP contribution is 2.28. The zero-order chi connectivity index (χ0) is 13.0. The lowest BCUT2D eigenvalue weighted by Gasteiger charge is -2.16. The van der Waals surface area contributed by atoms with Crippen molar-refractivity contribution in [2.75, 3.05) is 11.9 Å². The Labute approximate surface area is 112 Å². The van der Waals surface area contributed by atoms with Crippen molar-refractivity contribution in [3.63, 3.8) is 0 Å². The number of aliphatic hydroxyl groups is 1. The first kappa shape index (κ1) is 13.6. The van der Waals surface area contributed by atoms with Gasteiger partial charge >= 0.3 is 0 Å². The Morgan fingerprint density at radius 1 is 1.39 bits per heavy atom. The van der Waals surface area contributed by atoms with Crippen LogP contribution in [0.4, 0.5) is 10.1 Å². The summed E-state index contributed by atoms with van der Waals surface area (Å²) in [5.74, 6) is 0.243. The van der Waals surface area contributed by atoms with Crippen LogP contribution in [0.3, 0.4) is 0 Å². The molecule has 0 aliphatic heterocycles. The molecule has 1 aliphatic rings. The lowest BCUT2D eigenvalue weighted by Crippen LogP contribution is -2.22. The molecular formula is C14H19ClFNO. The van der Waals surface area contributed by atoms with Gasteiger partial charge in [-0.15, -0.1) is 0 Å². The average molecular weight is 272 g/mol. The Morgan fingerprint density at radius 2 is 2.11 bits per heavy atom. The summed E-state index contributed by atoms with van der Waals surface area (Å²) in [6, 6.07) is 4.50. The van der Waals surface area contributed by atoms with Gasteiger partial charge in [-0.2, -0.15) is 0 Å². The highest BCUT2D eigenvalue weighted by Gasteiger charge is 2.18. The normalized spacial score (nSPS) is 17.9. The van der Waals surface area contributed by atoms with Gasteiger partial charge < -0.3 is 10.4 Å². The number of aliphatic hydroxyl groups excluding tert-OH is 1. The van der Waals surface area contributed by atoms with Gasteiger partial charge in [0.05, 0.1) is 11.1 Å². The standard InChI is InChI=1S/C14H19ClFNO/c15-13-8-11(5-6-14(13)16)17-9-12(18)7-10-3-1-2-4-10/h5-6,8,10,12,17-18H,1-4,7,9H2. The van der Waals surface area contributed by atoms with E-state index in [1.165, 1.54) is 31.7 Å². The van der Waals surface area contributed by atoms with E-state index in [-0.39, 0.29) is 11.1 Å². The van der Waals surface area contributed by atoms with E-state index in [4.69, 9.17) is 11.6 Å². The Kier molecular flexibility index (Phi) is 4.84. The van der Waals surface area contributed by atoms with Gasteiger partial charge in [0, 0.05) is 12.2 Å². The van der Waals surface area contributed by atoms with Gasteiger partial charge in [0.1, 0.15) is 5.82 Å². The fraction of sp³-hybridized carbons (Fsp3) is 0.571. The maximum absolute atomic E-state index is 13.0. The first-order valence-electron chi connectivity index (χ1n) is 6.52. The predicted molar refractivity (Wildman–Crippen MR) is 72.5 cm³/mol. The van der Waals surface area contributed by atoms with Crippen molar-refractivity contribution in [2.24, 2.45) is 5.92 Å². The molecule has 1 aromatic rings. The SMILES string of the molecule is OC(CNc1ccc(F)c(Cl)c1)CC1CCCC1. The third-order valence-corrected chi connectivity index (χ3v) is 3.83. The highest BCUT2D eigenvalue weighted by molar-refractivity contribution is 6.31. The number of halogens is 2. The first-order chi connectivity index (χ1) is 8.65. The molecule has 100 valence electrons. The first-order valence-corrected chi connectivity index (χ1v) is 6.90. The Bertz CT molecular complexity index is 393. The molecule has 1 saturated carbocycles. The third-order valence-electron chi connectivity index (χ3n) is 3.54. The molecule has 4 heteroatoms. The number of hydrogen-bond donors (Lipinski definition) is 2. The van der Waals surface area contributed by atoms with Crippen LogP contribution in [0.5, 0.6) is 0 Å². The van der Waals surface area contributed by atoms with Gasteiger partial charge in [-0.25, -0.2) is 4.39 Å².